The van der Waals surface area contributed by atoms with Crippen LogP contribution in [-0.4, -0.2) is 19.8 Å². The maximum absolute atomic E-state index is 12.8. The van der Waals surface area contributed by atoms with Gasteiger partial charge in [-0.1, -0.05) is 22.0 Å². The van der Waals surface area contributed by atoms with Gasteiger partial charge in [0.15, 0.2) is 0 Å². The molecule has 6 heteroatoms. The first-order valence-corrected chi connectivity index (χ1v) is 6.42. The summed E-state index contributed by atoms with van der Waals surface area (Å²) in [7, 11) is 1.48. The molecule has 0 N–H and O–H groups in total. The van der Waals surface area contributed by atoms with E-state index in [1.165, 1.54) is 13.2 Å². The Morgan fingerprint density at radius 1 is 1.33 bits per heavy atom. The van der Waals surface area contributed by atoms with Crippen LogP contribution in [0, 0.1) is 0 Å². The van der Waals surface area contributed by atoms with E-state index in [1.54, 1.807) is 13.0 Å². The molecule has 1 rings (SSSR count). The molecule has 0 aliphatic rings. The van der Waals surface area contributed by atoms with Crippen molar-refractivity contribution in [3.63, 3.8) is 0 Å². The van der Waals surface area contributed by atoms with Crippen LogP contribution < -0.4 is 4.74 Å². The molecular formula is C12H14BrF3O2. The molecule has 1 aromatic carbocycles. The normalized spacial score (nSPS) is 13.4. The average molecular weight is 327 g/mol. The third-order valence-corrected chi connectivity index (χ3v) is 3.03. The van der Waals surface area contributed by atoms with E-state index in [0.717, 1.165) is 6.07 Å². The molecule has 0 aromatic heterocycles. The maximum atomic E-state index is 12.8. The van der Waals surface area contributed by atoms with Crippen molar-refractivity contribution in [1.29, 1.82) is 0 Å². The Kier molecular flexibility index (Phi) is 5.47. The number of rotatable bonds is 5. The second-order valence-electron chi connectivity index (χ2n) is 3.82. The summed E-state index contributed by atoms with van der Waals surface area (Å²) in [4.78, 5) is 0. The van der Waals surface area contributed by atoms with E-state index in [0.29, 0.717) is 10.9 Å². The molecule has 0 bridgehead atoms. The van der Waals surface area contributed by atoms with Crippen molar-refractivity contribution in [3.05, 3.63) is 29.3 Å². The fourth-order valence-electron chi connectivity index (χ4n) is 1.28. The summed E-state index contributed by atoms with van der Waals surface area (Å²) in [6.45, 7) is 1.80. The standard InChI is InChI=1S/C12H14BrF3O2/c1-8(17-2)7-18-11-4-3-9(6-13)5-10(11)12(14,15)16/h3-5,8H,6-7H2,1-2H3. The van der Waals surface area contributed by atoms with Crippen LogP contribution in [0.5, 0.6) is 5.75 Å². The number of alkyl halides is 4. The van der Waals surface area contributed by atoms with Crippen LogP contribution in [0.2, 0.25) is 0 Å². The summed E-state index contributed by atoms with van der Waals surface area (Å²) in [6.07, 6.45) is -4.69. The van der Waals surface area contributed by atoms with Crippen LogP contribution >= 0.6 is 15.9 Å². The van der Waals surface area contributed by atoms with E-state index in [1.807, 2.05) is 0 Å². The highest BCUT2D eigenvalue weighted by atomic mass is 79.9. The van der Waals surface area contributed by atoms with Crippen molar-refractivity contribution >= 4 is 15.9 Å². The van der Waals surface area contributed by atoms with E-state index in [2.05, 4.69) is 15.9 Å². The number of hydrogen-bond acceptors (Lipinski definition) is 2. The first kappa shape index (κ1) is 15.3. The van der Waals surface area contributed by atoms with Crippen LogP contribution in [0.1, 0.15) is 18.1 Å². The Labute approximate surface area is 112 Å². The first-order valence-electron chi connectivity index (χ1n) is 5.30. The van der Waals surface area contributed by atoms with Crippen molar-refractivity contribution in [3.8, 4) is 5.75 Å². The Hall–Kier alpha value is -0.750. The van der Waals surface area contributed by atoms with Crippen molar-refractivity contribution < 1.29 is 22.6 Å². The molecule has 0 saturated heterocycles. The summed E-state index contributed by atoms with van der Waals surface area (Å²) in [6, 6.07) is 4.01. The zero-order chi connectivity index (χ0) is 13.8. The fraction of sp³-hybridized carbons (Fsp3) is 0.500. The summed E-state index contributed by atoms with van der Waals surface area (Å²) >= 11 is 3.13. The van der Waals surface area contributed by atoms with Gasteiger partial charge in [-0.3, -0.25) is 0 Å². The fourth-order valence-corrected chi connectivity index (χ4v) is 1.63. The van der Waals surface area contributed by atoms with E-state index in [-0.39, 0.29) is 18.5 Å². The number of benzene rings is 1. The molecule has 1 aromatic rings. The van der Waals surface area contributed by atoms with E-state index in [9.17, 15) is 13.2 Å². The second kappa shape index (κ2) is 6.43. The van der Waals surface area contributed by atoms with E-state index >= 15 is 0 Å². The predicted octanol–water partition coefficient (Wildman–Crippen LogP) is 4.01. The third-order valence-electron chi connectivity index (χ3n) is 2.38. The van der Waals surface area contributed by atoms with Gasteiger partial charge in [-0.15, -0.1) is 0 Å². The molecule has 0 amide bonds. The van der Waals surface area contributed by atoms with Gasteiger partial charge < -0.3 is 9.47 Å². The molecule has 0 heterocycles. The van der Waals surface area contributed by atoms with Crippen LogP contribution in [0.3, 0.4) is 0 Å². The molecule has 0 saturated carbocycles. The molecule has 18 heavy (non-hydrogen) atoms. The Morgan fingerprint density at radius 3 is 2.50 bits per heavy atom. The lowest BCUT2D eigenvalue weighted by Crippen LogP contribution is -2.18. The molecule has 0 spiro atoms. The van der Waals surface area contributed by atoms with Crippen LogP contribution in [0.15, 0.2) is 18.2 Å². The Morgan fingerprint density at radius 2 is 2.00 bits per heavy atom. The van der Waals surface area contributed by atoms with E-state index in [4.69, 9.17) is 9.47 Å². The largest absolute Gasteiger partial charge is 0.490 e. The zero-order valence-corrected chi connectivity index (χ0v) is 11.6. The topological polar surface area (TPSA) is 18.5 Å². The average Bonchev–Trinajstić information content (AvgIpc) is 2.34. The highest BCUT2D eigenvalue weighted by molar-refractivity contribution is 9.08. The Balaban J connectivity index is 2.96. The number of ether oxygens (including phenoxy) is 2. The molecule has 2 nitrogen and oxygen atoms in total. The predicted molar refractivity (Wildman–Crippen MR) is 66.0 cm³/mol. The monoisotopic (exact) mass is 326 g/mol. The minimum Gasteiger partial charge on any atom is -0.490 e. The van der Waals surface area contributed by atoms with Gasteiger partial charge in [-0.2, -0.15) is 13.2 Å². The molecular weight excluding hydrogens is 313 g/mol. The summed E-state index contributed by atoms with van der Waals surface area (Å²) in [5.74, 6) is -0.170. The minimum atomic E-state index is -4.43. The zero-order valence-electron chi connectivity index (χ0n) is 10.1. The van der Waals surface area contributed by atoms with Crippen LogP contribution in [0.25, 0.3) is 0 Å². The molecule has 0 fully saturated rings. The number of hydrogen-bond donors (Lipinski definition) is 0. The Bertz CT molecular complexity index is 393. The van der Waals surface area contributed by atoms with Gasteiger partial charge >= 0.3 is 6.18 Å². The molecule has 1 unspecified atom stereocenters. The lowest BCUT2D eigenvalue weighted by molar-refractivity contribution is -0.139. The van der Waals surface area contributed by atoms with Crippen molar-refractivity contribution in [2.24, 2.45) is 0 Å². The molecule has 1 atom stereocenters. The van der Waals surface area contributed by atoms with Gasteiger partial charge in [0.2, 0.25) is 0 Å². The summed E-state index contributed by atoms with van der Waals surface area (Å²) in [5, 5.41) is 0.366. The van der Waals surface area contributed by atoms with Gasteiger partial charge in [0.05, 0.1) is 11.7 Å². The van der Waals surface area contributed by atoms with Gasteiger partial charge in [-0.25, -0.2) is 0 Å². The van der Waals surface area contributed by atoms with Crippen LogP contribution in [-0.2, 0) is 16.2 Å². The third kappa shape index (κ3) is 4.17. The van der Waals surface area contributed by atoms with E-state index < -0.39 is 11.7 Å². The van der Waals surface area contributed by atoms with Gasteiger partial charge in [0, 0.05) is 12.4 Å². The number of halogens is 4. The highest BCUT2D eigenvalue weighted by Gasteiger charge is 2.34. The lowest BCUT2D eigenvalue weighted by Gasteiger charge is -2.17. The van der Waals surface area contributed by atoms with Gasteiger partial charge in [-0.05, 0) is 24.6 Å². The second-order valence-corrected chi connectivity index (χ2v) is 4.38. The number of methoxy groups -OCH3 is 1. The minimum absolute atomic E-state index is 0.0766. The summed E-state index contributed by atoms with van der Waals surface area (Å²) in [5.41, 5.74) is -0.211. The lowest BCUT2D eigenvalue weighted by atomic mass is 10.1. The van der Waals surface area contributed by atoms with Crippen molar-refractivity contribution in [1.82, 2.24) is 0 Å². The van der Waals surface area contributed by atoms with Crippen molar-refractivity contribution in [2.75, 3.05) is 13.7 Å². The first-order chi connectivity index (χ1) is 8.38. The molecule has 0 aliphatic heterocycles. The molecule has 0 radical (unpaired) electrons. The summed E-state index contributed by atoms with van der Waals surface area (Å²) < 4.78 is 48.6. The maximum Gasteiger partial charge on any atom is 0.419 e. The molecule has 0 aliphatic carbocycles. The molecule has 102 valence electrons. The highest BCUT2D eigenvalue weighted by Crippen LogP contribution is 2.37. The van der Waals surface area contributed by atoms with Crippen LogP contribution in [0.4, 0.5) is 13.2 Å². The quantitative estimate of drug-likeness (QED) is 0.761. The SMILES string of the molecule is COC(C)COc1ccc(CBr)cc1C(F)(F)F. The van der Waals surface area contributed by atoms with Gasteiger partial charge in [0.1, 0.15) is 12.4 Å². The van der Waals surface area contributed by atoms with Crippen molar-refractivity contribution in [2.45, 2.75) is 24.5 Å². The van der Waals surface area contributed by atoms with Gasteiger partial charge in [0.25, 0.3) is 0 Å². The smallest absolute Gasteiger partial charge is 0.419 e.